The van der Waals surface area contributed by atoms with Gasteiger partial charge in [0, 0.05) is 12.1 Å². The van der Waals surface area contributed by atoms with Crippen LogP contribution in [0.25, 0.3) is 0 Å². The second-order valence-electron chi connectivity index (χ2n) is 7.49. The summed E-state index contributed by atoms with van der Waals surface area (Å²) in [6.45, 7) is 0. The Hall–Kier alpha value is -1.74. The molecule has 1 atom stereocenters. The largest absolute Gasteiger partial charge is 0.241 e. The third-order valence-corrected chi connectivity index (χ3v) is 8.58. The first kappa shape index (κ1) is 19.6. The van der Waals surface area contributed by atoms with Gasteiger partial charge in [-0.05, 0) is 61.1 Å². The summed E-state index contributed by atoms with van der Waals surface area (Å²) in [5, 5.41) is 0. The Kier molecular flexibility index (Phi) is 5.30. The van der Waals surface area contributed by atoms with E-state index in [0.717, 1.165) is 49.7 Å². The van der Waals surface area contributed by atoms with Crippen LogP contribution < -0.4 is 9.44 Å². The number of nitrogens with one attached hydrogen (secondary N) is 2. The number of benzene rings is 2. The maximum atomic E-state index is 12.8. The molecule has 0 unspecified atom stereocenters. The lowest BCUT2D eigenvalue weighted by Crippen LogP contribution is -2.32. The summed E-state index contributed by atoms with van der Waals surface area (Å²) in [5.41, 5.74) is 2.17. The molecule has 2 aliphatic rings. The number of sulfonamides is 2. The van der Waals surface area contributed by atoms with Crippen LogP contribution >= 0.6 is 0 Å². The maximum Gasteiger partial charge on any atom is 0.241 e. The van der Waals surface area contributed by atoms with E-state index in [1.807, 2.05) is 24.3 Å². The van der Waals surface area contributed by atoms with E-state index in [1.54, 1.807) is 0 Å². The summed E-state index contributed by atoms with van der Waals surface area (Å²) in [5.74, 6) is 0. The van der Waals surface area contributed by atoms with Crippen molar-refractivity contribution in [2.75, 3.05) is 0 Å². The zero-order chi connectivity index (χ0) is 19.8. The Morgan fingerprint density at radius 3 is 1.93 bits per heavy atom. The zero-order valence-electron chi connectivity index (χ0n) is 15.5. The number of rotatable bonds is 6. The molecule has 28 heavy (non-hydrogen) atoms. The van der Waals surface area contributed by atoms with Crippen molar-refractivity contribution in [1.82, 2.24) is 9.44 Å². The zero-order valence-corrected chi connectivity index (χ0v) is 17.1. The average Bonchev–Trinajstić information content (AvgIpc) is 3.32. The summed E-state index contributed by atoms with van der Waals surface area (Å²) in [7, 11) is -7.37. The molecule has 150 valence electrons. The first-order valence-electron chi connectivity index (χ1n) is 9.58. The van der Waals surface area contributed by atoms with E-state index >= 15 is 0 Å². The molecule has 6 nitrogen and oxygen atoms in total. The topological polar surface area (TPSA) is 92.3 Å². The summed E-state index contributed by atoms with van der Waals surface area (Å²) in [4.78, 5) is 0.154. The summed E-state index contributed by atoms with van der Waals surface area (Å²) >= 11 is 0. The smallest absolute Gasteiger partial charge is 0.208 e. The van der Waals surface area contributed by atoms with Gasteiger partial charge in [-0.3, -0.25) is 0 Å². The normalized spacial score (nSPS) is 20.4. The molecule has 0 aromatic heterocycles. The number of hydrogen-bond acceptors (Lipinski definition) is 4. The van der Waals surface area contributed by atoms with Crippen LogP contribution in [0.15, 0.2) is 58.3 Å². The van der Waals surface area contributed by atoms with Crippen molar-refractivity contribution in [3.8, 4) is 0 Å². The standard InChI is InChI=1S/C20H24N2O4S2/c23-27(24,21-16-6-2-3-7-16)17-10-12-18(13-11-17)28(25,26)22-20-14-9-15-5-1-4-8-19(15)20/h1,4-5,8,10-13,16,20-22H,2-3,6-7,9,14H2/t20-/m0/s1. The minimum Gasteiger partial charge on any atom is -0.208 e. The highest BCUT2D eigenvalue weighted by Gasteiger charge is 2.28. The fourth-order valence-corrected chi connectivity index (χ4v) is 6.62. The van der Waals surface area contributed by atoms with Gasteiger partial charge in [-0.25, -0.2) is 26.3 Å². The van der Waals surface area contributed by atoms with Gasteiger partial charge in [-0.15, -0.1) is 0 Å². The van der Waals surface area contributed by atoms with Crippen molar-refractivity contribution in [3.63, 3.8) is 0 Å². The van der Waals surface area contributed by atoms with E-state index in [4.69, 9.17) is 0 Å². The monoisotopic (exact) mass is 420 g/mol. The number of fused-ring (bicyclic) bond motifs is 1. The van der Waals surface area contributed by atoms with E-state index < -0.39 is 20.0 Å². The Morgan fingerprint density at radius 1 is 0.714 bits per heavy atom. The first-order chi connectivity index (χ1) is 13.4. The highest BCUT2D eigenvalue weighted by atomic mass is 32.2. The highest BCUT2D eigenvalue weighted by molar-refractivity contribution is 7.90. The molecule has 1 saturated carbocycles. The van der Waals surface area contributed by atoms with Gasteiger partial charge in [0.25, 0.3) is 0 Å². The molecule has 1 fully saturated rings. The van der Waals surface area contributed by atoms with Crippen molar-refractivity contribution in [2.24, 2.45) is 0 Å². The van der Waals surface area contributed by atoms with Gasteiger partial charge >= 0.3 is 0 Å². The summed E-state index contributed by atoms with van der Waals surface area (Å²) < 4.78 is 56.0. The molecule has 0 radical (unpaired) electrons. The van der Waals surface area contributed by atoms with Gasteiger partial charge in [-0.2, -0.15) is 0 Å². The molecule has 2 aliphatic carbocycles. The Morgan fingerprint density at radius 2 is 1.29 bits per heavy atom. The lowest BCUT2D eigenvalue weighted by atomic mass is 10.1. The van der Waals surface area contributed by atoms with E-state index in [1.165, 1.54) is 24.3 Å². The molecule has 0 heterocycles. The lowest BCUT2D eigenvalue weighted by molar-refractivity contribution is 0.549. The maximum absolute atomic E-state index is 12.8. The number of hydrogen-bond donors (Lipinski definition) is 2. The van der Waals surface area contributed by atoms with E-state index in [0.29, 0.717) is 0 Å². The highest BCUT2D eigenvalue weighted by Crippen LogP contribution is 2.32. The summed E-state index contributed by atoms with van der Waals surface area (Å²) in [6.07, 6.45) is 5.31. The van der Waals surface area contributed by atoms with Crippen molar-refractivity contribution in [3.05, 3.63) is 59.7 Å². The summed E-state index contributed by atoms with van der Waals surface area (Å²) in [6, 6.07) is 12.9. The first-order valence-corrected chi connectivity index (χ1v) is 12.5. The molecule has 2 aromatic rings. The third-order valence-electron chi connectivity index (χ3n) is 5.55. The third kappa shape index (κ3) is 4.00. The van der Waals surface area contributed by atoms with Crippen molar-refractivity contribution in [1.29, 1.82) is 0 Å². The van der Waals surface area contributed by atoms with E-state index in [2.05, 4.69) is 9.44 Å². The predicted molar refractivity (Wildman–Crippen MR) is 107 cm³/mol. The van der Waals surface area contributed by atoms with E-state index in [-0.39, 0.29) is 21.9 Å². The Labute approximate surface area is 166 Å². The molecule has 2 N–H and O–H groups in total. The minimum atomic E-state index is -3.74. The van der Waals surface area contributed by atoms with Crippen molar-refractivity contribution in [2.45, 2.75) is 60.4 Å². The molecule has 4 rings (SSSR count). The van der Waals surface area contributed by atoms with Crippen molar-refractivity contribution < 1.29 is 16.8 Å². The predicted octanol–water partition coefficient (Wildman–Crippen LogP) is 2.87. The molecule has 0 bridgehead atoms. The van der Waals surface area contributed by atoms with Gasteiger partial charge in [0.2, 0.25) is 20.0 Å². The number of aryl methyl sites for hydroxylation is 1. The molecule has 0 spiro atoms. The Bertz CT molecular complexity index is 1060. The van der Waals surface area contributed by atoms with Crippen LogP contribution in [-0.2, 0) is 26.5 Å². The minimum absolute atomic E-state index is 0.0301. The molecular weight excluding hydrogens is 396 g/mol. The van der Waals surface area contributed by atoms with Gasteiger partial charge < -0.3 is 0 Å². The molecule has 0 amide bonds. The second kappa shape index (κ2) is 7.59. The van der Waals surface area contributed by atoms with Crippen LogP contribution in [0, 0.1) is 0 Å². The van der Waals surface area contributed by atoms with Gasteiger partial charge in [0.05, 0.1) is 9.79 Å². The second-order valence-corrected chi connectivity index (χ2v) is 10.9. The molecule has 2 aromatic carbocycles. The van der Waals surface area contributed by atoms with Crippen molar-refractivity contribution >= 4 is 20.0 Å². The van der Waals surface area contributed by atoms with Crippen LogP contribution in [0.1, 0.15) is 49.3 Å². The lowest BCUT2D eigenvalue weighted by Gasteiger charge is -2.15. The van der Waals surface area contributed by atoms with Crippen LogP contribution in [0.5, 0.6) is 0 Å². The van der Waals surface area contributed by atoms with Gasteiger partial charge in [-0.1, -0.05) is 37.1 Å². The average molecular weight is 421 g/mol. The van der Waals surface area contributed by atoms with Crippen LogP contribution in [0.4, 0.5) is 0 Å². The molecule has 8 heteroatoms. The molecular formula is C20H24N2O4S2. The van der Waals surface area contributed by atoms with E-state index in [9.17, 15) is 16.8 Å². The van der Waals surface area contributed by atoms with Crippen LogP contribution in [-0.4, -0.2) is 22.9 Å². The fraction of sp³-hybridized carbons (Fsp3) is 0.400. The molecule has 0 aliphatic heterocycles. The van der Waals surface area contributed by atoms with Gasteiger partial charge in [0.1, 0.15) is 0 Å². The van der Waals surface area contributed by atoms with Crippen LogP contribution in [0.3, 0.4) is 0 Å². The van der Waals surface area contributed by atoms with Crippen LogP contribution in [0.2, 0.25) is 0 Å². The quantitative estimate of drug-likeness (QED) is 0.752. The Balaban J connectivity index is 1.50. The molecule has 0 saturated heterocycles. The fourth-order valence-electron chi connectivity index (χ4n) is 4.06. The SMILES string of the molecule is O=S(=O)(NC1CCCC1)c1ccc(S(=O)(=O)N[C@H]2CCc3ccccc32)cc1. The van der Waals surface area contributed by atoms with Gasteiger partial charge in [0.15, 0.2) is 0 Å².